The molecule has 0 unspecified atom stereocenters. The van der Waals surface area contributed by atoms with E-state index < -0.39 is 5.97 Å². The number of carbonyl (C=O) groups is 3. The standard InChI is InChI=1S/C26H30N2O6/c1-2-32-23-17-19(8-13-22(23)33-18-25(30)27-14-4-3-5-15-27)26(31)34-21-11-9-20(10-12-21)28-16-6-7-24(28)29/h8-13,17H,2-7,14-16,18H2,1H3. The highest BCUT2D eigenvalue weighted by Gasteiger charge is 2.22. The molecular weight excluding hydrogens is 436 g/mol. The molecule has 0 spiro atoms. The smallest absolute Gasteiger partial charge is 0.343 e. The third kappa shape index (κ3) is 5.68. The Balaban J connectivity index is 1.39. The number of hydrogen-bond donors (Lipinski definition) is 0. The molecule has 2 aliphatic rings. The van der Waals surface area contributed by atoms with Crippen LogP contribution in [0.5, 0.6) is 17.2 Å². The van der Waals surface area contributed by atoms with Crippen molar-refractivity contribution in [1.29, 1.82) is 0 Å². The Morgan fingerprint density at radius 3 is 2.32 bits per heavy atom. The number of anilines is 1. The summed E-state index contributed by atoms with van der Waals surface area (Å²) in [5, 5.41) is 0. The number of likely N-dealkylation sites (tertiary alicyclic amines) is 1. The average molecular weight is 467 g/mol. The van der Waals surface area contributed by atoms with Crippen LogP contribution < -0.4 is 19.1 Å². The summed E-state index contributed by atoms with van der Waals surface area (Å²) in [4.78, 5) is 40.6. The van der Waals surface area contributed by atoms with Crippen LogP contribution in [0.3, 0.4) is 0 Å². The zero-order chi connectivity index (χ0) is 23.9. The van der Waals surface area contributed by atoms with E-state index in [0.717, 1.165) is 44.5 Å². The first-order chi connectivity index (χ1) is 16.5. The predicted molar refractivity (Wildman–Crippen MR) is 127 cm³/mol. The average Bonchev–Trinajstić information content (AvgIpc) is 3.30. The third-order valence-corrected chi connectivity index (χ3v) is 5.97. The maximum atomic E-state index is 12.7. The molecule has 8 heteroatoms. The van der Waals surface area contributed by atoms with Gasteiger partial charge in [-0.1, -0.05) is 0 Å². The third-order valence-electron chi connectivity index (χ3n) is 5.97. The van der Waals surface area contributed by atoms with Crippen molar-refractivity contribution < 1.29 is 28.6 Å². The van der Waals surface area contributed by atoms with Crippen molar-refractivity contribution in [3.63, 3.8) is 0 Å². The number of benzene rings is 2. The van der Waals surface area contributed by atoms with Crippen molar-refractivity contribution >= 4 is 23.5 Å². The summed E-state index contributed by atoms with van der Waals surface area (Å²) in [7, 11) is 0. The number of hydrogen-bond acceptors (Lipinski definition) is 6. The van der Waals surface area contributed by atoms with E-state index in [-0.39, 0.29) is 18.4 Å². The van der Waals surface area contributed by atoms with Crippen molar-refractivity contribution in [2.24, 2.45) is 0 Å². The van der Waals surface area contributed by atoms with Gasteiger partial charge in [-0.05, 0) is 75.1 Å². The molecule has 2 fully saturated rings. The van der Waals surface area contributed by atoms with Crippen molar-refractivity contribution in [2.45, 2.75) is 39.0 Å². The van der Waals surface area contributed by atoms with Gasteiger partial charge in [0, 0.05) is 31.7 Å². The van der Waals surface area contributed by atoms with E-state index in [0.29, 0.717) is 42.4 Å². The van der Waals surface area contributed by atoms with Crippen LogP contribution in [0.15, 0.2) is 42.5 Å². The SMILES string of the molecule is CCOc1cc(C(=O)Oc2ccc(N3CCCC3=O)cc2)ccc1OCC(=O)N1CCCCC1. The van der Waals surface area contributed by atoms with Crippen LogP contribution in [0.25, 0.3) is 0 Å². The lowest BCUT2D eigenvalue weighted by Crippen LogP contribution is -2.38. The van der Waals surface area contributed by atoms with E-state index in [1.54, 1.807) is 47.4 Å². The molecule has 180 valence electrons. The number of carbonyl (C=O) groups excluding carboxylic acids is 3. The number of ether oxygens (including phenoxy) is 3. The monoisotopic (exact) mass is 466 g/mol. The topological polar surface area (TPSA) is 85.4 Å². The molecule has 2 aromatic rings. The summed E-state index contributed by atoms with van der Waals surface area (Å²) in [6.45, 7) is 4.37. The predicted octanol–water partition coefficient (Wildman–Crippen LogP) is 3.82. The minimum absolute atomic E-state index is 0.0512. The highest BCUT2D eigenvalue weighted by Crippen LogP contribution is 2.30. The highest BCUT2D eigenvalue weighted by molar-refractivity contribution is 5.95. The lowest BCUT2D eigenvalue weighted by atomic mass is 10.1. The van der Waals surface area contributed by atoms with Crippen LogP contribution in [0, 0.1) is 0 Å². The maximum absolute atomic E-state index is 12.7. The van der Waals surface area contributed by atoms with Gasteiger partial charge in [-0.15, -0.1) is 0 Å². The summed E-state index contributed by atoms with van der Waals surface area (Å²) in [5.74, 6) is 0.681. The molecule has 2 heterocycles. The fraction of sp³-hybridized carbons (Fsp3) is 0.423. The summed E-state index contributed by atoms with van der Waals surface area (Å²) in [6.07, 6.45) is 4.60. The quantitative estimate of drug-likeness (QED) is 0.434. The van der Waals surface area contributed by atoms with E-state index in [1.165, 1.54) is 0 Å². The fourth-order valence-corrected chi connectivity index (χ4v) is 4.18. The van der Waals surface area contributed by atoms with E-state index in [9.17, 15) is 14.4 Å². The van der Waals surface area contributed by atoms with Gasteiger partial charge >= 0.3 is 5.97 Å². The van der Waals surface area contributed by atoms with Crippen molar-refractivity contribution in [3.05, 3.63) is 48.0 Å². The molecular formula is C26H30N2O6. The first kappa shape index (κ1) is 23.6. The lowest BCUT2D eigenvalue weighted by Gasteiger charge is -2.26. The molecule has 2 saturated heterocycles. The number of esters is 1. The van der Waals surface area contributed by atoms with Crippen LogP contribution in [-0.4, -0.2) is 55.5 Å². The van der Waals surface area contributed by atoms with Gasteiger partial charge in [-0.25, -0.2) is 4.79 Å². The molecule has 34 heavy (non-hydrogen) atoms. The zero-order valence-corrected chi connectivity index (χ0v) is 19.5. The summed E-state index contributed by atoms with van der Waals surface area (Å²) in [6, 6.07) is 11.7. The van der Waals surface area contributed by atoms with Crippen LogP contribution >= 0.6 is 0 Å². The largest absolute Gasteiger partial charge is 0.490 e. The molecule has 8 nitrogen and oxygen atoms in total. The number of rotatable bonds is 8. The Labute approximate surface area is 199 Å². The van der Waals surface area contributed by atoms with Gasteiger partial charge in [0.2, 0.25) is 5.91 Å². The van der Waals surface area contributed by atoms with Gasteiger partial charge in [0.05, 0.1) is 12.2 Å². The minimum Gasteiger partial charge on any atom is -0.490 e. The molecule has 0 N–H and O–H groups in total. The van der Waals surface area contributed by atoms with E-state index in [4.69, 9.17) is 14.2 Å². The van der Waals surface area contributed by atoms with Crippen molar-refractivity contribution in [3.8, 4) is 17.2 Å². The maximum Gasteiger partial charge on any atom is 0.343 e. The molecule has 0 aromatic heterocycles. The van der Waals surface area contributed by atoms with Gasteiger partial charge in [0.1, 0.15) is 5.75 Å². The molecule has 0 atom stereocenters. The Hall–Kier alpha value is -3.55. The summed E-state index contributed by atoms with van der Waals surface area (Å²) in [5.41, 5.74) is 1.10. The Kier molecular flexibility index (Phi) is 7.67. The van der Waals surface area contributed by atoms with Crippen LogP contribution in [0.4, 0.5) is 5.69 Å². The zero-order valence-electron chi connectivity index (χ0n) is 19.5. The Morgan fingerprint density at radius 2 is 1.65 bits per heavy atom. The van der Waals surface area contributed by atoms with E-state index in [2.05, 4.69) is 0 Å². The van der Waals surface area contributed by atoms with Crippen LogP contribution in [0.2, 0.25) is 0 Å². The molecule has 4 rings (SSSR count). The highest BCUT2D eigenvalue weighted by atomic mass is 16.5. The van der Waals surface area contributed by atoms with Gasteiger partial charge in [0.15, 0.2) is 18.1 Å². The molecule has 2 aromatic carbocycles. The molecule has 0 bridgehead atoms. The minimum atomic E-state index is -0.540. The van der Waals surface area contributed by atoms with Crippen molar-refractivity contribution in [2.75, 3.05) is 37.7 Å². The molecule has 2 amide bonds. The van der Waals surface area contributed by atoms with Gasteiger partial charge in [-0.3, -0.25) is 9.59 Å². The summed E-state index contributed by atoms with van der Waals surface area (Å²) >= 11 is 0. The number of piperidine rings is 1. The first-order valence-electron chi connectivity index (χ1n) is 11.8. The second kappa shape index (κ2) is 11.0. The number of nitrogens with zero attached hydrogens (tertiary/aromatic N) is 2. The van der Waals surface area contributed by atoms with E-state index >= 15 is 0 Å². The molecule has 0 saturated carbocycles. The van der Waals surface area contributed by atoms with Gasteiger partial charge in [0.25, 0.3) is 5.91 Å². The number of amides is 2. The second-order valence-corrected chi connectivity index (χ2v) is 8.36. The van der Waals surface area contributed by atoms with Crippen molar-refractivity contribution in [1.82, 2.24) is 4.90 Å². The van der Waals surface area contributed by atoms with E-state index in [1.807, 2.05) is 11.8 Å². The fourth-order valence-electron chi connectivity index (χ4n) is 4.18. The van der Waals surface area contributed by atoms with Gasteiger partial charge < -0.3 is 24.0 Å². The molecule has 0 radical (unpaired) electrons. The molecule has 2 aliphatic heterocycles. The van der Waals surface area contributed by atoms with Crippen LogP contribution in [0.1, 0.15) is 49.4 Å². The summed E-state index contributed by atoms with van der Waals surface area (Å²) < 4.78 is 16.9. The molecule has 0 aliphatic carbocycles. The second-order valence-electron chi connectivity index (χ2n) is 8.36. The first-order valence-corrected chi connectivity index (χ1v) is 11.8. The lowest BCUT2D eigenvalue weighted by molar-refractivity contribution is -0.134. The Morgan fingerprint density at radius 1 is 0.882 bits per heavy atom. The van der Waals surface area contributed by atoms with Crippen LogP contribution in [-0.2, 0) is 9.59 Å². The Bertz CT molecular complexity index is 1030. The normalized spacial score (nSPS) is 15.9. The van der Waals surface area contributed by atoms with Gasteiger partial charge in [-0.2, -0.15) is 0 Å².